The molecule has 1 unspecified atom stereocenters. The quantitative estimate of drug-likeness (QED) is 0.662. The van der Waals surface area contributed by atoms with Crippen LogP contribution in [-0.4, -0.2) is 53.6 Å². The Kier molecular flexibility index (Phi) is 5.93. The van der Waals surface area contributed by atoms with E-state index in [1.54, 1.807) is 24.0 Å². The van der Waals surface area contributed by atoms with Crippen molar-refractivity contribution in [1.29, 1.82) is 0 Å². The molecule has 0 radical (unpaired) electrons. The smallest absolute Gasteiger partial charge is 0.323 e. The molecule has 0 aliphatic carbocycles. The molecular formula is C25H32N5O3+. The Hall–Kier alpha value is -3.13. The second kappa shape index (κ2) is 9.02. The highest BCUT2D eigenvalue weighted by molar-refractivity contribution is 6.00. The van der Waals surface area contributed by atoms with Crippen molar-refractivity contribution >= 4 is 23.3 Å². The Morgan fingerprint density at radius 1 is 1.00 bits per heavy atom. The number of anilines is 2. The number of aromatic nitrogens is 1. The molecule has 1 aromatic carbocycles. The number of hydrogen-bond acceptors (Lipinski definition) is 3. The molecule has 3 amide bonds. The third-order valence-electron chi connectivity index (χ3n) is 7.53. The molecule has 2 bridgehead atoms. The van der Waals surface area contributed by atoms with Gasteiger partial charge in [-0.1, -0.05) is 18.2 Å². The van der Waals surface area contributed by atoms with Gasteiger partial charge in [-0.25, -0.2) is 4.79 Å². The van der Waals surface area contributed by atoms with Crippen molar-refractivity contribution in [3.8, 4) is 0 Å². The monoisotopic (exact) mass is 450 g/mol. The summed E-state index contributed by atoms with van der Waals surface area (Å²) in [4.78, 5) is 40.6. The molecule has 3 N–H and O–H groups in total. The molecule has 4 heterocycles. The highest BCUT2D eigenvalue weighted by Crippen LogP contribution is 2.35. The number of para-hydroxylation sites is 1. The van der Waals surface area contributed by atoms with E-state index in [1.807, 2.05) is 39.8 Å². The van der Waals surface area contributed by atoms with Gasteiger partial charge in [0.2, 0.25) is 5.91 Å². The molecule has 174 valence electrons. The van der Waals surface area contributed by atoms with Gasteiger partial charge in [-0.15, -0.1) is 0 Å². The maximum absolute atomic E-state index is 12.7. The number of nitrogens with zero attached hydrogens (tertiary/aromatic N) is 2. The topological polar surface area (TPSA) is 87.9 Å². The molecule has 1 aromatic heterocycles. The maximum atomic E-state index is 12.7. The summed E-state index contributed by atoms with van der Waals surface area (Å²) in [6.45, 7) is 6.05. The second-order valence-electron chi connectivity index (χ2n) is 9.67. The first-order valence-electron chi connectivity index (χ1n) is 11.9. The van der Waals surface area contributed by atoms with Gasteiger partial charge in [0.15, 0.2) is 0 Å². The van der Waals surface area contributed by atoms with Gasteiger partial charge in [0.05, 0.1) is 36.4 Å². The number of rotatable bonds is 3. The molecule has 2 aromatic rings. The van der Waals surface area contributed by atoms with Crippen LogP contribution in [0.1, 0.15) is 37.8 Å². The molecule has 0 saturated carbocycles. The van der Waals surface area contributed by atoms with Crippen LogP contribution in [0, 0.1) is 5.92 Å². The number of likely N-dealkylation sites (tertiary alicyclic amines) is 2. The second-order valence-corrected chi connectivity index (χ2v) is 9.67. The van der Waals surface area contributed by atoms with E-state index in [-0.39, 0.29) is 23.4 Å². The fourth-order valence-electron chi connectivity index (χ4n) is 6.02. The number of hydrogen-bond donors (Lipinski definition) is 3. The first-order chi connectivity index (χ1) is 16.0. The normalized spacial score (nSPS) is 24.6. The predicted octanol–water partition coefficient (Wildman–Crippen LogP) is 1.51. The van der Waals surface area contributed by atoms with E-state index >= 15 is 0 Å². The van der Waals surface area contributed by atoms with Crippen LogP contribution in [0.3, 0.4) is 0 Å². The lowest BCUT2D eigenvalue weighted by Gasteiger charge is -2.45. The van der Waals surface area contributed by atoms with E-state index < -0.39 is 0 Å². The van der Waals surface area contributed by atoms with Crippen LogP contribution in [0.2, 0.25) is 0 Å². The summed E-state index contributed by atoms with van der Waals surface area (Å²) in [6.07, 6.45) is 3.11. The molecule has 33 heavy (non-hydrogen) atoms. The molecule has 3 aliphatic rings. The molecule has 8 heteroatoms. The third kappa shape index (κ3) is 4.53. The van der Waals surface area contributed by atoms with Crippen LogP contribution in [0.25, 0.3) is 0 Å². The van der Waals surface area contributed by atoms with E-state index in [4.69, 9.17) is 0 Å². The summed E-state index contributed by atoms with van der Waals surface area (Å²) >= 11 is 0. The molecule has 2 saturated heterocycles. The Bertz CT molecular complexity index is 1090. The third-order valence-corrected chi connectivity index (χ3v) is 7.53. The van der Waals surface area contributed by atoms with E-state index in [0.29, 0.717) is 18.5 Å². The van der Waals surface area contributed by atoms with Crippen LogP contribution in [0.4, 0.5) is 16.2 Å². The average molecular weight is 451 g/mol. The fourth-order valence-corrected chi connectivity index (χ4v) is 6.02. The lowest BCUT2D eigenvalue weighted by molar-refractivity contribution is -0.937. The van der Waals surface area contributed by atoms with Crippen LogP contribution in [0.5, 0.6) is 0 Å². The van der Waals surface area contributed by atoms with Gasteiger partial charge in [0.1, 0.15) is 0 Å². The highest BCUT2D eigenvalue weighted by atomic mass is 16.2. The summed E-state index contributed by atoms with van der Waals surface area (Å²) in [5, 5.41) is 5.86. The van der Waals surface area contributed by atoms with Crippen molar-refractivity contribution < 1.29 is 14.5 Å². The zero-order valence-electron chi connectivity index (χ0n) is 19.0. The largest absolute Gasteiger partial charge is 0.342 e. The Balaban J connectivity index is 1.34. The van der Waals surface area contributed by atoms with E-state index in [2.05, 4.69) is 10.6 Å². The van der Waals surface area contributed by atoms with Crippen molar-refractivity contribution in [2.45, 2.75) is 44.7 Å². The predicted molar refractivity (Wildman–Crippen MR) is 127 cm³/mol. The molecule has 0 spiro atoms. The van der Waals surface area contributed by atoms with Crippen LogP contribution in [-0.2, 0) is 11.3 Å². The van der Waals surface area contributed by atoms with Gasteiger partial charge in [-0.3, -0.25) is 9.59 Å². The highest BCUT2D eigenvalue weighted by Gasteiger charge is 2.42. The first kappa shape index (κ1) is 21.7. The summed E-state index contributed by atoms with van der Waals surface area (Å²) in [5.74, 6) is 0.860. The number of nitrogens with one attached hydrogen (secondary N) is 3. The van der Waals surface area contributed by atoms with Crippen molar-refractivity contribution in [2.24, 2.45) is 5.92 Å². The van der Waals surface area contributed by atoms with E-state index in [1.165, 1.54) is 0 Å². The number of pyridine rings is 1. The number of carbonyl (C=O) groups excluding carboxylic acids is 2. The van der Waals surface area contributed by atoms with Gasteiger partial charge >= 0.3 is 6.03 Å². The Morgan fingerprint density at radius 2 is 1.76 bits per heavy atom. The lowest BCUT2D eigenvalue weighted by atomic mass is 9.81. The number of quaternary nitrogens is 1. The van der Waals surface area contributed by atoms with Crippen LogP contribution in [0.15, 0.2) is 47.3 Å². The fraction of sp³-hybridized carbons (Fsp3) is 0.480. The molecular weight excluding hydrogens is 418 g/mol. The number of carbonyl (C=O) groups is 2. The minimum absolute atomic E-state index is 0.00642. The molecule has 8 nitrogen and oxygen atoms in total. The van der Waals surface area contributed by atoms with Gasteiger partial charge in [-0.2, -0.15) is 0 Å². The Morgan fingerprint density at radius 3 is 2.48 bits per heavy atom. The molecule has 3 atom stereocenters. The molecule has 3 aliphatic heterocycles. The van der Waals surface area contributed by atoms with Gasteiger partial charge < -0.3 is 25.0 Å². The van der Waals surface area contributed by atoms with Crippen molar-refractivity contribution in [2.75, 3.05) is 36.8 Å². The molecule has 5 rings (SSSR count). The number of piperidine rings is 2. The average Bonchev–Trinajstić information content (AvgIpc) is 2.81. The van der Waals surface area contributed by atoms with E-state index in [0.717, 1.165) is 62.5 Å². The zero-order valence-corrected chi connectivity index (χ0v) is 19.0. The number of amides is 3. The molecule has 2 fully saturated rings. The summed E-state index contributed by atoms with van der Waals surface area (Å²) < 4.78 is 1.88. The van der Waals surface area contributed by atoms with Gasteiger partial charge in [-0.05, 0) is 24.6 Å². The summed E-state index contributed by atoms with van der Waals surface area (Å²) in [7, 11) is 0. The van der Waals surface area contributed by atoms with Crippen molar-refractivity contribution in [3.63, 3.8) is 0 Å². The SMILES string of the molecule is CC(=O)N1CCC([NH+]2C[C@@H]3C[C@H](C2)c2c(NC(=O)Nc4ccccc4)ccc(=O)n2C3)CC1. The van der Waals surface area contributed by atoms with Crippen LogP contribution < -0.4 is 21.1 Å². The number of benzene rings is 1. The number of fused-ring (bicyclic) bond motifs is 4. The van der Waals surface area contributed by atoms with Gasteiger partial charge in [0.25, 0.3) is 5.56 Å². The van der Waals surface area contributed by atoms with Crippen LogP contribution >= 0.6 is 0 Å². The summed E-state index contributed by atoms with van der Waals surface area (Å²) in [5.41, 5.74) is 2.41. The van der Waals surface area contributed by atoms with Gasteiger partial charge in [0, 0.05) is 57.1 Å². The Labute approximate surface area is 193 Å². The lowest BCUT2D eigenvalue weighted by Crippen LogP contribution is -3.18. The minimum Gasteiger partial charge on any atom is -0.342 e. The first-order valence-corrected chi connectivity index (χ1v) is 11.9. The zero-order chi connectivity index (χ0) is 22.9. The van der Waals surface area contributed by atoms with Crippen molar-refractivity contribution in [3.05, 3.63) is 58.5 Å². The maximum Gasteiger partial charge on any atom is 0.323 e. The standard InChI is InChI=1S/C25H31N5O3/c1-17(31)28-11-9-21(10-12-28)29-14-18-13-19(16-29)24-22(7-8-23(32)30(24)15-18)27-25(33)26-20-5-3-2-4-6-20/h2-8,18-19,21H,9-16H2,1H3,(H2,26,27,33)/p+1/t18-,19+/m0/s1. The van der Waals surface area contributed by atoms with Crippen molar-refractivity contribution in [1.82, 2.24) is 9.47 Å². The number of urea groups is 1. The summed E-state index contributed by atoms with van der Waals surface area (Å²) in [6, 6.07) is 12.9. The van der Waals surface area contributed by atoms with E-state index in [9.17, 15) is 14.4 Å². The minimum atomic E-state index is -0.304.